The Morgan fingerprint density at radius 1 is 1.00 bits per heavy atom. The number of benzene rings is 3. The van der Waals surface area contributed by atoms with Crippen molar-refractivity contribution in [1.29, 1.82) is 0 Å². The van der Waals surface area contributed by atoms with Gasteiger partial charge in [0.25, 0.3) is 0 Å². The van der Waals surface area contributed by atoms with E-state index < -0.39 is 0 Å². The minimum Gasteiger partial charge on any atom is -0.488 e. The lowest BCUT2D eigenvalue weighted by atomic mass is 10.1. The molecule has 0 aromatic heterocycles. The zero-order chi connectivity index (χ0) is 18.4. The first-order chi connectivity index (χ1) is 12.7. The fraction of sp³-hybridized carbons (Fsp3) is 0.227. The first kappa shape index (κ1) is 17.8. The van der Waals surface area contributed by atoms with Gasteiger partial charge in [-0.25, -0.2) is 4.79 Å². The third-order valence-electron chi connectivity index (χ3n) is 4.07. The highest BCUT2D eigenvalue weighted by atomic mass is 16.5. The number of carbonyl (C=O) groups excluding carboxylic acids is 1. The number of carbonyl (C=O) groups is 1. The van der Waals surface area contributed by atoms with E-state index in [1.165, 1.54) is 5.39 Å². The van der Waals surface area contributed by atoms with E-state index in [1.54, 1.807) is 19.1 Å². The summed E-state index contributed by atoms with van der Waals surface area (Å²) in [5, 5.41) is 5.61. The van der Waals surface area contributed by atoms with Crippen LogP contribution in [0.15, 0.2) is 66.7 Å². The Labute approximate surface area is 153 Å². The minimum absolute atomic E-state index is 0.00876. The van der Waals surface area contributed by atoms with Crippen molar-refractivity contribution in [3.05, 3.63) is 72.3 Å². The number of hydrogen-bond donors (Lipinski definition) is 1. The highest BCUT2D eigenvalue weighted by molar-refractivity contribution is 5.90. The molecule has 4 nitrogen and oxygen atoms in total. The van der Waals surface area contributed by atoms with Crippen molar-refractivity contribution >= 4 is 22.4 Å². The van der Waals surface area contributed by atoms with Crippen molar-refractivity contribution in [3.8, 4) is 5.75 Å². The summed E-state index contributed by atoms with van der Waals surface area (Å²) in [6, 6.07) is 21.5. The normalized spacial score (nSPS) is 11.8. The van der Waals surface area contributed by atoms with Crippen LogP contribution in [0.4, 0.5) is 5.69 Å². The van der Waals surface area contributed by atoms with Gasteiger partial charge in [-0.1, -0.05) is 36.4 Å². The molecule has 0 aliphatic carbocycles. The van der Waals surface area contributed by atoms with E-state index in [2.05, 4.69) is 23.5 Å². The number of hydrogen-bond acceptors (Lipinski definition) is 4. The van der Waals surface area contributed by atoms with Crippen molar-refractivity contribution < 1.29 is 14.3 Å². The average Bonchev–Trinajstić information content (AvgIpc) is 2.67. The lowest BCUT2D eigenvalue weighted by Gasteiger charge is -2.17. The third-order valence-corrected chi connectivity index (χ3v) is 4.07. The second-order valence-corrected chi connectivity index (χ2v) is 6.08. The Kier molecular flexibility index (Phi) is 5.74. The van der Waals surface area contributed by atoms with Crippen LogP contribution in [-0.4, -0.2) is 25.2 Å². The van der Waals surface area contributed by atoms with Gasteiger partial charge in [0.15, 0.2) is 0 Å². The van der Waals surface area contributed by atoms with E-state index in [4.69, 9.17) is 9.47 Å². The zero-order valence-electron chi connectivity index (χ0n) is 15.1. The minimum atomic E-state index is -0.299. The van der Waals surface area contributed by atoms with Crippen molar-refractivity contribution in [2.24, 2.45) is 0 Å². The largest absolute Gasteiger partial charge is 0.488 e. The molecule has 0 saturated carbocycles. The van der Waals surface area contributed by atoms with Crippen LogP contribution in [0.1, 0.15) is 24.2 Å². The number of anilines is 1. The molecule has 4 heteroatoms. The van der Waals surface area contributed by atoms with E-state index in [9.17, 15) is 4.79 Å². The molecule has 0 heterocycles. The zero-order valence-corrected chi connectivity index (χ0v) is 15.1. The van der Waals surface area contributed by atoms with Gasteiger partial charge in [0.1, 0.15) is 11.9 Å². The predicted molar refractivity (Wildman–Crippen MR) is 105 cm³/mol. The summed E-state index contributed by atoms with van der Waals surface area (Å²) in [4.78, 5) is 11.7. The molecule has 1 atom stereocenters. The summed E-state index contributed by atoms with van der Waals surface area (Å²) >= 11 is 0. The van der Waals surface area contributed by atoms with E-state index in [1.807, 2.05) is 43.3 Å². The fourth-order valence-electron chi connectivity index (χ4n) is 2.76. The molecule has 3 rings (SSSR count). The molecular formula is C22H23NO3. The molecular weight excluding hydrogens is 326 g/mol. The van der Waals surface area contributed by atoms with Crippen molar-refractivity contribution in [2.75, 3.05) is 18.5 Å². The standard InChI is InChI=1S/C22H23NO3/c1-3-25-22(24)18-11-13-19(14-12-18)23-15-16(2)26-21-10-6-8-17-7-4-5-9-20(17)21/h4-14,16,23H,3,15H2,1-2H3. The SMILES string of the molecule is CCOC(=O)c1ccc(NCC(C)Oc2cccc3ccccc23)cc1. The highest BCUT2D eigenvalue weighted by Crippen LogP contribution is 2.26. The van der Waals surface area contributed by atoms with Crippen LogP contribution in [0.3, 0.4) is 0 Å². The Bertz CT molecular complexity index is 869. The van der Waals surface area contributed by atoms with Gasteiger partial charge in [-0.05, 0) is 49.6 Å². The monoisotopic (exact) mass is 349 g/mol. The van der Waals surface area contributed by atoms with Gasteiger partial charge in [0.2, 0.25) is 0 Å². The Hall–Kier alpha value is -3.01. The molecule has 0 aliphatic rings. The average molecular weight is 349 g/mol. The van der Waals surface area contributed by atoms with Crippen LogP contribution < -0.4 is 10.1 Å². The van der Waals surface area contributed by atoms with Crippen molar-refractivity contribution in [1.82, 2.24) is 0 Å². The van der Waals surface area contributed by atoms with Crippen LogP contribution in [0, 0.1) is 0 Å². The summed E-state index contributed by atoms with van der Waals surface area (Å²) in [6.45, 7) is 4.86. The molecule has 0 saturated heterocycles. The smallest absolute Gasteiger partial charge is 0.338 e. The quantitative estimate of drug-likeness (QED) is 0.617. The summed E-state index contributed by atoms with van der Waals surface area (Å²) in [5.74, 6) is 0.585. The maximum Gasteiger partial charge on any atom is 0.338 e. The summed E-state index contributed by atoms with van der Waals surface area (Å²) in [7, 11) is 0. The second kappa shape index (κ2) is 8.39. The lowest BCUT2D eigenvalue weighted by Crippen LogP contribution is -2.22. The lowest BCUT2D eigenvalue weighted by molar-refractivity contribution is 0.0526. The fourth-order valence-corrected chi connectivity index (χ4v) is 2.76. The van der Waals surface area contributed by atoms with Crippen molar-refractivity contribution in [2.45, 2.75) is 20.0 Å². The van der Waals surface area contributed by atoms with Crippen LogP contribution in [0.5, 0.6) is 5.75 Å². The van der Waals surface area contributed by atoms with Gasteiger partial charge in [0, 0.05) is 11.1 Å². The molecule has 26 heavy (non-hydrogen) atoms. The van der Waals surface area contributed by atoms with Crippen LogP contribution in [0.25, 0.3) is 10.8 Å². The van der Waals surface area contributed by atoms with Crippen LogP contribution in [-0.2, 0) is 4.74 Å². The van der Waals surface area contributed by atoms with E-state index in [0.717, 1.165) is 16.8 Å². The van der Waals surface area contributed by atoms with Gasteiger partial charge in [-0.3, -0.25) is 0 Å². The molecule has 0 amide bonds. The van der Waals surface area contributed by atoms with E-state index in [0.29, 0.717) is 18.7 Å². The Morgan fingerprint density at radius 3 is 2.50 bits per heavy atom. The molecule has 0 fully saturated rings. The number of rotatable bonds is 7. The first-order valence-corrected chi connectivity index (χ1v) is 8.83. The van der Waals surface area contributed by atoms with Gasteiger partial charge < -0.3 is 14.8 Å². The summed E-state index contributed by atoms with van der Waals surface area (Å²) in [6.07, 6.45) is -0.00876. The van der Waals surface area contributed by atoms with E-state index in [-0.39, 0.29) is 12.1 Å². The first-order valence-electron chi connectivity index (χ1n) is 8.83. The summed E-state index contributed by atoms with van der Waals surface area (Å²) in [5.41, 5.74) is 1.49. The molecule has 0 radical (unpaired) electrons. The molecule has 3 aromatic carbocycles. The molecule has 1 N–H and O–H groups in total. The molecule has 3 aromatic rings. The molecule has 0 spiro atoms. The van der Waals surface area contributed by atoms with E-state index >= 15 is 0 Å². The number of nitrogens with one attached hydrogen (secondary N) is 1. The number of fused-ring (bicyclic) bond motifs is 1. The van der Waals surface area contributed by atoms with Gasteiger partial charge in [0.05, 0.1) is 18.7 Å². The molecule has 1 unspecified atom stereocenters. The molecule has 134 valence electrons. The third kappa shape index (κ3) is 4.33. The number of esters is 1. The Morgan fingerprint density at radius 2 is 1.73 bits per heavy atom. The maximum atomic E-state index is 11.7. The maximum absolute atomic E-state index is 11.7. The molecule has 0 aliphatic heterocycles. The number of ether oxygens (including phenoxy) is 2. The molecule has 0 bridgehead atoms. The Balaban J connectivity index is 1.58. The topological polar surface area (TPSA) is 47.6 Å². The van der Waals surface area contributed by atoms with Crippen LogP contribution in [0.2, 0.25) is 0 Å². The van der Waals surface area contributed by atoms with Crippen molar-refractivity contribution in [3.63, 3.8) is 0 Å². The predicted octanol–water partition coefficient (Wildman–Crippen LogP) is 4.90. The second-order valence-electron chi connectivity index (χ2n) is 6.08. The summed E-state index contributed by atoms with van der Waals surface area (Å²) < 4.78 is 11.1. The highest BCUT2D eigenvalue weighted by Gasteiger charge is 2.08. The van der Waals surface area contributed by atoms with Crippen LogP contribution >= 0.6 is 0 Å². The van der Waals surface area contributed by atoms with Gasteiger partial charge in [-0.2, -0.15) is 0 Å². The van der Waals surface area contributed by atoms with Gasteiger partial charge >= 0.3 is 5.97 Å². The van der Waals surface area contributed by atoms with Gasteiger partial charge in [-0.15, -0.1) is 0 Å².